The predicted molar refractivity (Wildman–Crippen MR) is 68.0 cm³/mol. The second-order valence-corrected chi connectivity index (χ2v) is 6.28. The summed E-state index contributed by atoms with van der Waals surface area (Å²) in [4.78, 5) is 2.64. The van der Waals surface area contributed by atoms with Crippen LogP contribution in [0.3, 0.4) is 0 Å². The molecule has 3 heteroatoms. The van der Waals surface area contributed by atoms with Crippen molar-refractivity contribution >= 4 is 11.6 Å². The van der Waals surface area contributed by atoms with E-state index in [-0.39, 0.29) is 0 Å². The zero-order valence-electron chi connectivity index (χ0n) is 10.5. The molecule has 0 aromatic heterocycles. The number of hydrogen-bond donors (Lipinski definition) is 0. The van der Waals surface area contributed by atoms with Crippen LogP contribution in [0, 0.1) is 5.92 Å². The summed E-state index contributed by atoms with van der Waals surface area (Å²) in [5.41, 5.74) is 0. The number of halogens is 1. The Balaban J connectivity index is 1.70. The van der Waals surface area contributed by atoms with Gasteiger partial charge in [-0.25, -0.2) is 0 Å². The first-order valence-corrected chi connectivity index (χ1v) is 7.08. The second-order valence-electron chi connectivity index (χ2n) is 5.66. The topological polar surface area (TPSA) is 12.5 Å². The van der Waals surface area contributed by atoms with E-state index < -0.39 is 0 Å². The lowest BCUT2D eigenvalue weighted by atomic mass is 10.0. The van der Waals surface area contributed by atoms with Gasteiger partial charge in [0.2, 0.25) is 0 Å². The molecule has 2 rings (SSSR count). The first-order chi connectivity index (χ1) is 7.66. The molecular formula is C13H24ClNO. The van der Waals surface area contributed by atoms with Gasteiger partial charge in [-0.3, -0.25) is 4.90 Å². The molecule has 2 nitrogen and oxygen atoms in total. The van der Waals surface area contributed by atoms with Crippen LogP contribution in [0.25, 0.3) is 0 Å². The van der Waals surface area contributed by atoms with Crippen LogP contribution in [0.1, 0.15) is 39.5 Å². The summed E-state index contributed by atoms with van der Waals surface area (Å²) in [6.07, 6.45) is 5.06. The minimum atomic E-state index is 0.422. The van der Waals surface area contributed by atoms with E-state index in [2.05, 4.69) is 18.7 Å². The van der Waals surface area contributed by atoms with Crippen LogP contribution >= 0.6 is 11.6 Å². The van der Waals surface area contributed by atoms with E-state index in [9.17, 15) is 0 Å². The molecule has 2 unspecified atom stereocenters. The van der Waals surface area contributed by atoms with Gasteiger partial charge in [-0.2, -0.15) is 0 Å². The van der Waals surface area contributed by atoms with E-state index in [0.717, 1.165) is 31.8 Å². The van der Waals surface area contributed by atoms with Gasteiger partial charge < -0.3 is 4.74 Å². The van der Waals surface area contributed by atoms with Crippen LogP contribution in [0.2, 0.25) is 0 Å². The molecule has 0 amide bonds. The fourth-order valence-electron chi connectivity index (χ4n) is 3.06. The lowest BCUT2D eigenvalue weighted by Crippen LogP contribution is -2.44. The lowest BCUT2D eigenvalue weighted by Gasteiger charge is -2.36. The van der Waals surface area contributed by atoms with E-state index in [1.807, 2.05) is 0 Å². The number of fused-ring (bicyclic) bond motifs is 2. The highest BCUT2D eigenvalue weighted by Crippen LogP contribution is 2.37. The van der Waals surface area contributed by atoms with Gasteiger partial charge in [-0.1, -0.05) is 13.8 Å². The van der Waals surface area contributed by atoms with Gasteiger partial charge in [0.05, 0.1) is 6.61 Å². The van der Waals surface area contributed by atoms with Crippen molar-refractivity contribution in [3.63, 3.8) is 0 Å². The number of ether oxygens (including phenoxy) is 1. The van der Waals surface area contributed by atoms with E-state index in [4.69, 9.17) is 16.3 Å². The van der Waals surface area contributed by atoms with Gasteiger partial charge in [-0.05, 0) is 31.6 Å². The Morgan fingerprint density at radius 2 is 1.88 bits per heavy atom. The molecular weight excluding hydrogens is 222 g/mol. The summed E-state index contributed by atoms with van der Waals surface area (Å²) in [5, 5.41) is 0.422. The molecule has 0 saturated carbocycles. The van der Waals surface area contributed by atoms with Crippen LogP contribution < -0.4 is 0 Å². The molecule has 2 saturated heterocycles. The molecule has 0 N–H and O–H groups in total. The zero-order chi connectivity index (χ0) is 11.5. The Morgan fingerprint density at radius 1 is 1.25 bits per heavy atom. The lowest BCUT2D eigenvalue weighted by molar-refractivity contribution is 0.0574. The summed E-state index contributed by atoms with van der Waals surface area (Å²) >= 11 is 6.26. The maximum atomic E-state index is 6.26. The van der Waals surface area contributed by atoms with Crippen LogP contribution in [-0.2, 0) is 4.74 Å². The molecule has 2 heterocycles. The molecule has 0 aromatic carbocycles. The summed E-state index contributed by atoms with van der Waals surface area (Å²) < 4.78 is 5.67. The Morgan fingerprint density at radius 3 is 2.44 bits per heavy atom. The average molecular weight is 246 g/mol. The Hall–Kier alpha value is 0.210. The first kappa shape index (κ1) is 12.7. The van der Waals surface area contributed by atoms with Crippen molar-refractivity contribution in [2.75, 3.05) is 19.8 Å². The maximum Gasteiger partial charge on any atom is 0.0593 e. The summed E-state index contributed by atoms with van der Waals surface area (Å²) in [6, 6.07) is 1.48. The smallest absolute Gasteiger partial charge is 0.0593 e. The molecule has 94 valence electrons. The Labute approximate surface area is 104 Å². The molecule has 0 aliphatic carbocycles. The summed E-state index contributed by atoms with van der Waals surface area (Å²) in [7, 11) is 0. The fraction of sp³-hybridized carbons (Fsp3) is 1.00. The van der Waals surface area contributed by atoms with Crippen LogP contribution in [0.5, 0.6) is 0 Å². The highest BCUT2D eigenvalue weighted by Gasteiger charge is 2.39. The Kier molecular flexibility index (Phi) is 4.51. The number of hydrogen-bond acceptors (Lipinski definition) is 2. The standard InChI is InChI=1S/C13H24ClNO/c1-10(2)9-16-6-5-15-12-3-4-13(15)8-11(14)7-12/h10-13H,3-9H2,1-2H3. The predicted octanol–water partition coefficient (Wildman–Crippen LogP) is 2.89. The highest BCUT2D eigenvalue weighted by atomic mass is 35.5. The van der Waals surface area contributed by atoms with Gasteiger partial charge in [0.25, 0.3) is 0 Å². The van der Waals surface area contributed by atoms with Crippen molar-refractivity contribution in [3.8, 4) is 0 Å². The molecule has 0 spiro atoms. The molecule has 0 radical (unpaired) electrons. The minimum absolute atomic E-state index is 0.422. The largest absolute Gasteiger partial charge is 0.380 e. The van der Waals surface area contributed by atoms with Crippen LogP contribution in [-0.4, -0.2) is 42.1 Å². The Bertz CT molecular complexity index is 208. The van der Waals surface area contributed by atoms with Crippen LogP contribution in [0.4, 0.5) is 0 Å². The highest BCUT2D eigenvalue weighted by molar-refractivity contribution is 6.20. The van der Waals surface area contributed by atoms with Crippen molar-refractivity contribution < 1.29 is 4.74 Å². The SMILES string of the molecule is CC(C)COCCN1C2CCC1CC(Cl)C2. The minimum Gasteiger partial charge on any atom is -0.380 e. The number of alkyl halides is 1. The monoisotopic (exact) mass is 245 g/mol. The van der Waals surface area contributed by atoms with Gasteiger partial charge in [0.1, 0.15) is 0 Å². The molecule has 2 aliphatic heterocycles. The molecule has 16 heavy (non-hydrogen) atoms. The van der Waals surface area contributed by atoms with Crippen molar-refractivity contribution in [2.45, 2.75) is 57.0 Å². The number of piperidine rings is 1. The van der Waals surface area contributed by atoms with E-state index >= 15 is 0 Å². The normalized spacial score (nSPS) is 34.9. The fourth-order valence-corrected chi connectivity index (χ4v) is 3.47. The zero-order valence-corrected chi connectivity index (χ0v) is 11.2. The van der Waals surface area contributed by atoms with Gasteiger partial charge in [-0.15, -0.1) is 11.6 Å². The van der Waals surface area contributed by atoms with Crippen molar-refractivity contribution in [1.82, 2.24) is 4.90 Å². The quantitative estimate of drug-likeness (QED) is 0.546. The van der Waals surface area contributed by atoms with E-state index in [0.29, 0.717) is 11.3 Å². The third-order valence-electron chi connectivity index (χ3n) is 3.77. The molecule has 0 aromatic rings. The maximum absolute atomic E-state index is 6.26. The van der Waals surface area contributed by atoms with Crippen molar-refractivity contribution in [2.24, 2.45) is 5.92 Å². The summed E-state index contributed by atoms with van der Waals surface area (Å²) in [5.74, 6) is 0.644. The third kappa shape index (κ3) is 3.12. The van der Waals surface area contributed by atoms with Crippen LogP contribution in [0.15, 0.2) is 0 Å². The average Bonchev–Trinajstić information content (AvgIpc) is 2.45. The number of rotatable bonds is 5. The molecule has 2 aliphatic rings. The molecule has 2 bridgehead atoms. The summed E-state index contributed by atoms with van der Waals surface area (Å²) in [6.45, 7) is 7.27. The second kappa shape index (κ2) is 5.70. The van der Waals surface area contributed by atoms with Gasteiger partial charge >= 0.3 is 0 Å². The molecule has 2 fully saturated rings. The van der Waals surface area contributed by atoms with E-state index in [1.165, 1.54) is 25.7 Å². The number of nitrogens with zero attached hydrogens (tertiary/aromatic N) is 1. The van der Waals surface area contributed by atoms with E-state index in [1.54, 1.807) is 0 Å². The van der Waals surface area contributed by atoms with Crippen molar-refractivity contribution in [1.29, 1.82) is 0 Å². The molecule has 2 atom stereocenters. The third-order valence-corrected chi connectivity index (χ3v) is 4.13. The van der Waals surface area contributed by atoms with Gasteiger partial charge in [0, 0.05) is 30.6 Å². The first-order valence-electron chi connectivity index (χ1n) is 6.64. The van der Waals surface area contributed by atoms with Crippen molar-refractivity contribution in [3.05, 3.63) is 0 Å². The van der Waals surface area contributed by atoms with Gasteiger partial charge in [0.15, 0.2) is 0 Å².